The summed E-state index contributed by atoms with van der Waals surface area (Å²) in [5.41, 5.74) is 0.727. The fraction of sp³-hybridized carbons (Fsp3) is 0.222. The van der Waals surface area contributed by atoms with Crippen LogP contribution in [0.25, 0.3) is 0 Å². The molecular formula is C18H18N2O3. The molecule has 1 aliphatic heterocycles. The summed E-state index contributed by atoms with van der Waals surface area (Å²) in [4.78, 5) is 27.7. The Morgan fingerprint density at radius 3 is 2.22 bits per heavy atom. The van der Waals surface area contributed by atoms with Gasteiger partial charge in [0.15, 0.2) is 0 Å². The van der Waals surface area contributed by atoms with Gasteiger partial charge in [0.2, 0.25) is 0 Å². The molecule has 0 bridgehead atoms. The summed E-state index contributed by atoms with van der Waals surface area (Å²) in [5.74, 6) is 0.523. The molecule has 0 saturated carbocycles. The zero-order chi connectivity index (χ0) is 16.2. The van der Waals surface area contributed by atoms with Gasteiger partial charge in [-0.2, -0.15) is 0 Å². The van der Waals surface area contributed by atoms with Crippen LogP contribution in [0.2, 0.25) is 0 Å². The van der Waals surface area contributed by atoms with Crippen LogP contribution in [0.5, 0.6) is 5.75 Å². The van der Waals surface area contributed by atoms with Gasteiger partial charge in [0.1, 0.15) is 18.4 Å². The van der Waals surface area contributed by atoms with E-state index in [-0.39, 0.29) is 25.1 Å². The summed E-state index contributed by atoms with van der Waals surface area (Å²) in [6, 6.07) is 17.8. The van der Waals surface area contributed by atoms with E-state index in [4.69, 9.17) is 4.74 Å². The molecule has 118 valence electrons. The Morgan fingerprint density at radius 2 is 1.57 bits per heavy atom. The summed E-state index contributed by atoms with van der Waals surface area (Å²) >= 11 is 0. The second kappa shape index (κ2) is 6.52. The van der Waals surface area contributed by atoms with Crippen molar-refractivity contribution >= 4 is 17.6 Å². The number of amides is 3. The first-order valence-corrected chi connectivity index (χ1v) is 7.56. The molecule has 0 radical (unpaired) electrons. The highest BCUT2D eigenvalue weighted by Gasteiger charge is 2.42. The van der Waals surface area contributed by atoms with Gasteiger partial charge in [-0.1, -0.05) is 36.4 Å². The lowest BCUT2D eigenvalue weighted by molar-refractivity contribution is -0.127. The van der Waals surface area contributed by atoms with E-state index in [0.29, 0.717) is 0 Å². The van der Waals surface area contributed by atoms with E-state index < -0.39 is 6.04 Å². The number of para-hydroxylation sites is 2. The van der Waals surface area contributed by atoms with Crippen LogP contribution in [0.4, 0.5) is 10.5 Å². The van der Waals surface area contributed by atoms with Crippen molar-refractivity contribution in [1.29, 1.82) is 0 Å². The Bertz CT molecular complexity index is 688. The molecule has 0 aliphatic carbocycles. The van der Waals surface area contributed by atoms with Crippen molar-refractivity contribution < 1.29 is 14.3 Å². The number of carbonyl (C=O) groups is 2. The maximum Gasteiger partial charge on any atom is 0.332 e. The van der Waals surface area contributed by atoms with Crippen LogP contribution in [0.1, 0.15) is 6.92 Å². The number of hydrogen-bond acceptors (Lipinski definition) is 3. The van der Waals surface area contributed by atoms with Gasteiger partial charge in [0.05, 0.1) is 6.54 Å². The standard InChI is InChI=1S/C18H18N2O3/c1-14-17(21)19(12-13-23-16-10-6-3-7-11-16)18(22)20(14)15-8-4-2-5-9-15/h2-11,14H,12-13H2,1H3. The lowest BCUT2D eigenvalue weighted by Gasteiger charge is -2.19. The molecule has 1 saturated heterocycles. The third-order valence-corrected chi connectivity index (χ3v) is 3.81. The number of carbonyl (C=O) groups excluding carboxylic acids is 2. The second-order valence-corrected chi connectivity index (χ2v) is 5.32. The summed E-state index contributed by atoms with van der Waals surface area (Å²) in [6.07, 6.45) is 0. The maximum atomic E-state index is 12.5. The zero-order valence-corrected chi connectivity index (χ0v) is 12.9. The van der Waals surface area contributed by atoms with Gasteiger partial charge in [-0.15, -0.1) is 0 Å². The van der Waals surface area contributed by atoms with Gasteiger partial charge in [-0.25, -0.2) is 4.79 Å². The monoisotopic (exact) mass is 310 g/mol. The van der Waals surface area contributed by atoms with Crippen molar-refractivity contribution in [2.45, 2.75) is 13.0 Å². The zero-order valence-electron chi connectivity index (χ0n) is 12.9. The molecule has 1 heterocycles. The van der Waals surface area contributed by atoms with Crippen molar-refractivity contribution in [2.75, 3.05) is 18.1 Å². The normalized spacial score (nSPS) is 17.7. The molecule has 2 aromatic rings. The molecular weight excluding hydrogens is 292 g/mol. The number of benzene rings is 2. The molecule has 3 amide bonds. The largest absolute Gasteiger partial charge is 0.492 e. The lowest BCUT2D eigenvalue weighted by atomic mass is 10.2. The first-order chi connectivity index (χ1) is 11.2. The van der Waals surface area contributed by atoms with E-state index in [1.807, 2.05) is 60.7 Å². The average Bonchev–Trinajstić information content (AvgIpc) is 2.80. The Morgan fingerprint density at radius 1 is 0.957 bits per heavy atom. The predicted octanol–water partition coefficient (Wildman–Crippen LogP) is 2.92. The first-order valence-electron chi connectivity index (χ1n) is 7.56. The maximum absolute atomic E-state index is 12.5. The highest BCUT2D eigenvalue weighted by molar-refractivity contribution is 6.14. The summed E-state index contributed by atoms with van der Waals surface area (Å²) in [5, 5.41) is 0. The van der Waals surface area contributed by atoms with Crippen molar-refractivity contribution in [3.8, 4) is 5.75 Å². The van der Waals surface area contributed by atoms with Gasteiger partial charge in [-0.05, 0) is 31.2 Å². The lowest BCUT2D eigenvalue weighted by Crippen LogP contribution is -2.36. The van der Waals surface area contributed by atoms with Crippen molar-refractivity contribution in [3.63, 3.8) is 0 Å². The second-order valence-electron chi connectivity index (χ2n) is 5.32. The van der Waals surface area contributed by atoms with Gasteiger partial charge in [-0.3, -0.25) is 14.6 Å². The Hall–Kier alpha value is -2.82. The minimum atomic E-state index is -0.498. The van der Waals surface area contributed by atoms with Gasteiger partial charge >= 0.3 is 6.03 Å². The highest BCUT2D eigenvalue weighted by atomic mass is 16.5. The summed E-state index contributed by atoms with van der Waals surface area (Å²) in [6.45, 7) is 2.25. The summed E-state index contributed by atoms with van der Waals surface area (Å²) in [7, 11) is 0. The van der Waals surface area contributed by atoms with Crippen LogP contribution in [0, 0.1) is 0 Å². The molecule has 0 aromatic heterocycles. The number of rotatable bonds is 5. The van der Waals surface area contributed by atoms with Gasteiger partial charge in [0, 0.05) is 5.69 Å². The van der Waals surface area contributed by atoms with Crippen LogP contribution in [-0.2, 0) is 4.79 Å². The number of hydrogen-bond donors (Lipinski definition) is 0. The molecule has 1 aliphatic rings. The third kappa shape index (κ3) is 3.04. The molecule has 0 spiro atoms. The van der Waals surface area contributed by atoms with E-state index in [1.165, 1.54) is 9.80 Å². The van der Waals surface area contributed by atoms with Crippen molar-refractivity contribution in [1.82, 2.24) is 4.90 Å². The van der Waals surface area contributed by atoms with Crippen LogP contribution in [0.3, 0.4) is 0 Å². The van der Waals surface area contributed by atoms with Crippen molar-refractivity contribution in [2.24, 2.45) is 0 Å². The molecule has 3 rings (SSSR count). The van der Waals surface area contributed by atoms with E-state index in [0.717, 1.165) is 11.4 Å². The van der Waals surface area contributed by atoms with E-state index in [9.17, 15) is 9.59 Å². The fourth-order valence-electron chi connectivity index (χ4n) is 2.63. The molecule has 5 nitrogen and oxygen atoms in total. The van der Waals surface area contributed by atoms with Crippen LogP contribution in [0.15, 0.2) is 60.7 Å². The van der Waals surface area contributed by atoms with Gasteiger partial charge in [0.25, 0.3) is 5.91 Å². The Kier molecular flexibility index (Phi) is 4.28. The number of imide groups is 1. The Balaban J connectivity index is 1.66. The van der Waals surface area contributed by atoms with Gasteiger partial charge < -0.3 is 4.74 Å². The molecule has 1 atom stereocenters. The van der Waals surface area contributed by atoms with E-state index >= 15 is 0 Å². The molecule has 5 heteroatoms. The minimum Gasteiger partial charge on any atom is -0.492 e. The molecule has 0 N–H and O–H groups in total. The van der Waals surface area contributed by atoms with Crippen LogP contribution >= 0.6 is 0 Å². The predicted molar refractivity (Wildman–Crippen MR) is 87.4 cm³/mol. The molecule has 2 aromatic carbocycles. The quantitative estimate of drug-likeness (QED) is 0.798. The number of ether oxygens (including phenoxy) is 1. The van der Waals surface area contributed by atoms with Crippen molar-refractivity contribution in [3.05, 3.63) is 60.7 Å². The Labute approximate surface area is 135 Å². The number of urea groups is 1. The molecule has 1 fully saturated rings. The SMILES string of the molecule is CC1C(=O)N(CCOc2ccccc2)C(=O)N1c1ccccc1. The minimum absolute atomic E-state index is 0.199. The topological polar surface area (TPSA) is 49.9 Å². The smallest absolute Gasteiger partial charge is 0.332 e. The number of anilines is 1. The summed E-state index contributed by atoms with van der Waals surface area (Å²) < 4.78 is 5.58. The third-order valence-electron chi connectivity index (χ3n) is 3.81. The number of nitrogens with zero attached hydrogens (tertiary/aromatic N) is 2. The van der Waals surface area contributed by atoms with E-state index in [2.05, 4.69) is 0 Å². The molecule has 23 heavy (non-hydrogen) atoms. The molecule has 1 unspecified atom stereocenters. The van der Waals surface area contributed by atoms with Crippen LogP contribution < -0.4 is 9.64 Å². The average molecular weight is 310 g/mol. The highest BCUT2D eigenvalue weighted by Crippen LogP contribution is 2.25. The first kappa shape index (κ1) is 15.1. The van der Waals surface area contributed by atoms with Crippen LogP contribution in [-0.4, -0.2) is 36.0 Å². The van der Waals surface area contributed by atoms with E-state index in [1.54, 1.807) is 6.92 Å². The fourth-order valence-corrected chi connectivity index (χ4v) is 2.63.